The highest BCUT2D eigenvalue weighted by atomic mass is 19.1. The van der Waals surface area contributed by atoms with E-state index in [0.29, 0.717) is 23.4 Å². The van der Waals surface area contributed by atoms with Crippen LogP contribution in [0.25, 0.3) is 11.4 Å². The maximum absolute atomic E-state index is 13.6. The Balaban J connectivity index is 1.73. The summed E-state index contributed by atoms with van der Waals surface area (Å²) >= 11 is 0. The predicted octanol–water partition coefficient (Wildman–Crippen LogP) is 2.72. The first-order valence-electron chi connectivity index (χ1n) is 8.58. The number of aromatic nitrogens is 4. The molecule has 1 amide bonds. The molecule has 1 atom stereocenters. The van der Waals surface area contributed by atoms with Crippen molar-refractivity contribution < 1.29 is 9.18 Å². The first kappa shape index (κ1) is 18.5. The van der Waals surface area contributed by atoms with Crippen molar-refractivity contribution in [1.29, 1.82) is 0 Å². The largest absolute Gasteiger partial charge is 0.371 e. The molecule has 0 saturated heterocycles. The SMILES string of the molecule is CNc1nc(-c2cccc(C(=O)N[C@H](C)Cc3cc(C)[nH]n3)c2)ncc1F. The van der Waals surface area contributed by atoms with Crippen molar-refractivity contribution in [2.75, 3.05) is 12.4 Å². The zero-order valence-electron chi connectivity index (χ0n) is 15.4. The molecule has 140 valence electrons. The summed E-state index contributed by atoms with van der Waals surface area (Å²) in [5.74, 6) is -0.279. The number of carbonyl (C=O) groups is 1. The molecule has 8 heteroatoms. The van der Waals surface area contributed by atoms with E-state index in [4.69, 9.17) is 0 Å². The van der Waals surface area contributed by atoms with Crippen LogP contribution in [-0.4, -0.2) is 39.2 Å². The Morgan fingerprint density at radius 1 is 1.33 bits per heavy atom. The third kappa shape index (κ3) is 4.46. The van der Waals surface area contributed by atoms with Gasteiger partial charge in [-0.25, -0.2) is 14.4 Å². The van der Waals surface area contributed by atoms with E-state index >= 15 is 0 Å². The summed E-state index contributed by atoms with van der Waals surface area (Å²) in [4.78, 5) is 20.7. The topological polar surface area (TPSA) is 95.6 Å². The molecule has 0 aliphatic heterocycles. The van der Waals surface area contributed by atoms with Crippen molar-refractivity contribution in [2.24, 2.45) is 0 Å². The number of hydrogen-bond donors (Lipinski definition) is 3. The first-order valence-corrected chi connectivity index (χ1v) is 8.58. The van der Waals surface area contributed by atoms with Gasteiger partial charge in [-0.3, -0.25) is 9.89 Å². The first-order chi connectivity index (χ1) is 13.0. The average Bonchev–Trinajstić information content (AvgIpc) is 3.06. The molecule has 0 saturated carbocycles. The van der Waals surface area contributed by atoms with Crippen LogP contribution in [0.1, 0.15) is 28.7 Å². The van der Waals surface area contributed by atoms with Gasteiger partial charge in [-0.2, -0.15) is 5.10 Å². The second-order valence-electron chi connectivity index (χ2n) is 6.34. The second-order valence-corrected chi connectivity index (χ2v) is 6.34. The van der Waals surface area contributed by atoms with Gasteiger partial charge in [0.2, 0.25) is 0 Å². The third-order valence-electron chi connectivity index (χ3n) is 4.02. The van der Waals surface area contributed by atoms with Crippen molar-refractivity contribution in [3.8, 4) is 11.4 Å². The van der Waals surface area contributed by atoms with Gasteiger partial charge >= 0.3 is 0 Å². The molecule has 0 aliphatic rings. The molecule has 0 fully saturated rings. The van der Waals surface area contributed by atoms with E-state index in [1.165, 1.54) is 0 Å². The van der Waals surface area contributed by atoms with Gasteiger partial charge in [0.05, 0.1) is 11.9 Å². The lowest BCUT2D eigenvalue weighted by Gasteiger charge is -2.13. The fraction of sp³-hybridized carbons (Fsp3) is 0.263. The molecule has 3 N–H and O–H groups in total. The fourth-order valence-corrected chi connectivity index (χ4v) is 2.73. The molecule has 2 aromatic heterocycles. The lowest BCUT2D eigenvalue weighted by Crippen LogP contribution is -2.34. The summed E-state index contributed by atoms with van der Waals surface area (Å²) in [5.41, 5.74) is 3.00. The highest BCUT2D eigenvalue weighted by Crippen LogP contribution is 2.19. The van der Waals surface area contributed by atoms with Crippen LogP contribution in [-0.2, 0) is 6.42 Å². The predicted molar refractivity (Wildman–Crippen MR) is 101 cm³/mol. The molecule has 0 unspecified atom stereocenters. The van der Waals surface area contributed by atoms with Crippen LogP contribution in [0.3, 0.4) is 0 Å². The smallest absolute Gasteiger partial charge is 0.251 e. The van der Waals surface area contributed by atoms with Crippen LogP contribution in [0.4, 0.5) is 10.2 Å². The van der Waals surface area contributed by atoms with Gasteiger partial charge in [0.1, 0.15) is 0 Å². The van der Waals surface area contributed by atoms with Gasteiger partial charge in [0.15, 0.2) is 17.5 Å². The minimum absolute atomic E-state index is 0.0816. The molecule has 3 rings (SSSR count). The Bertz CT molecular complexity index is 955. The summed E-state index contributed by atoms with van der Waals surface area (Å²) in [6.45, 7) is 3.86. The highest BCUT2D eigenvalue weighted by Gasteiger charge is 2.14. The van der Waals surface area contributed by atoms with Crippen LogP contribution >= 0.6 is 0 Å². The van der Waals surface area contributed by atoms with Gasteiger partial charge in [-0.05, 0) is 32.0 Å². The third-order valence-corrected chi connectivity index (χ3v) is 4.02. The lowest BCUT2D eigenvalue weighted by atomic mass is 10.1. The van der Waals surface area contributed by atoms with E-state index in [1.807, 2.05) is 19.9 Å². The lowest BCUT2D eigenvalue weighted by molar-refractivity contribution is 0.0940. The zero-order chi connectivity index (χ0) is 19.4. The number of rotatable bonds is 6. The van der Waals surface area contributed by atoms with Crippen LogP contribution < -0.4 is 10.6 Å². The highest BCUT2D eigenvalue weighted by molar-refractivity contribution is 5.95. The van der Waals surface area contributed by atoms with Crippen molar-refractivity contribution in [3.63, 3.8) is 0 Å². The molecule has 0 bridgehead atoms. The maximum Gasteiger partial charge on any atom is 0.251 e. The molecule has 1 aromatic carbocycles. The number of carbonyl (C=O) groups excluding carboxylic acids is 1. The quantitative estimate of drug-likeness (QED) is 0.622. The van der Waals surface area contributed by atoms with Gasteiger partial charge in [-0.15, -0.1) is 0 Å². The van der Waals surface area contributed by atoms with E-state index in [9.17, 15) is 9.18 Å². The molecule has 27 heavy (non-hydrogen) atoms. The van der Waals surface area contributed by atoms with E-state index in [0.717, 1.165) is 17.6 Å². The van der Waals surface area contributed by atoms with E-state index in [2.05, 4.69) is 30.8 Å². The summed E-state index contributed by atoms with van der Waals surface area (Å²) in [6.07, 6.45) is 1.73. The molecule has 0 aliphatic carbocycles. The number of amides is 1. The summed E-state index contributed by atoms with van der Waals surface area (Å²) in [6, 6.07) is 8.80. The number of halogens is 1. The minimum Gasteiger partial charge on any atom is -0.371 e. The summed E-state index contributed by atoms with van der Waals surface area (Å²) in [5, 5.41) is 12.7. The number of nitrogens with zero attached hydrogens (tertiary/aromatic N) is 3. The monoisotopic (exact) mass is 368 g/mol. The van der Waals surface area contributed by atoms with Crippen molar-refractivity contribution in [2.45, 2.75) is 26.3 Å². The van der Waals surface area contributed by atoms with Gasteiger partial charge in [0, 0.05) is 36.3 Å². The molecular weight excluding hydrogens is 347 g/mol. The number of aromatic amines is 1. The van der Waals surface area contributed by atoms with E-state index < -0.39 is 5.82 Å². The van der Waals surface area contributed by atoms with Crippen LogP contribution in [0, 0.1) is 12.7 Å². The Morgan fingerprint density at radius 3 is 2.85 bits per heavy atom. The van der Waals surface area contributed by atoms with Crippen LogP contribution in [0.15, 0.2) is 36.5 Å². The Morgan fingerprint density at radius 2 is 2.15 bits per heavy atom. The summed E-state index contributed by atoms with van der Waals surface area (Å²) < 4.78 is 13.6. The molecule has 2 heterocycles. The number of nitrogens with one attached hydrogen (secondary N) is 3. The normalized spacial score (nSPS) is 11.9. The molecule has 7 nitrogen and oxygen atoms in total. The maximum atomic E-state index is 13.6. The molecule has 3 aromatic rings. The number of anilines is 1. The number of benzene rings is 1. The average molecular weight is 368 g/mol. The minimum atomic E-state index is -0.530. The Hall–Kier alpha value is -3.29. The molecule has 0 radical (unpaired) electrons. The van der Waals surface area contributed by atoms with Crippen molar-refractivity contribution in [3.05, 3.63) is 59.3 Å². The fourth-order valence-electron chi connectivity index (χ4n) is 2.73. The number of aryl methyl sites for hydroxylation is 1. The number of H-pyrrole nitrogens is 1. The second kappa shape index (κ2) is 7.94. The van der Waals surface area contributed by atoms with Gasteiger partial charge in [0.25, 0.3) is 5.91 Å². The number of hydrogen-bond acceptors (Lipinski definition) is 5. The molecule has 0 spiro atoms. The van der Waals surface area contributed by atoms with Crippen molar-refractivity contribution >= 4 is 11.7 Å². The van der Waals surface area contributed by atoms with Gasteiger partial charge in [-0.1, -0.05) is 12.1 Å². The Kier molecular flexibility index (Phi) is 5.44. The van der Waals surface area contributed by atoms with Crippen LogP contribution in [0.5, 0.6) is 0 Å². The van der Waals surface area contributed by atoms with Crippen molar-refractivity contribution in [1.82, 2.24) is 25.5 Å². The zero-order valence-corrected chi connectivity index (χ0v) is 15.4. The van der Waals surface area contributed by atoms with Gasteiger partial charge < -0.3 is 10.6 Å². The standard InChI is InChI=1S/C19H21FN6O/c1-11(7-15-8-12(2)25-26-15)23-19(27)14-6-4-5-13(9-14)17-22-10-16(20)18(21-3)24-17/h4-6,8-11H,7H2,1-3H3,(H,23,27)(H,25,26)(H,21,22,24)/t11-/m1/s1. The van der Waals surface area contributed by atoms with Crippen LogP contribution in [0.2, 0.25) is 0 Å². The Labute approximate surface area is 156 Å². The summed E-state index contributed by atoms with van der Waals surface area (Å²) in [7, 11) is 1.58. The van der Waals surface area contributed by atoms with E-state index in [1.54, 1.807) is 31.3 Å². The van der Waals surface area contributed by atoms with E-state index in [-0.39, 0.29) is 17.8 Å². The molecular formula is C19H21FN6O.